The minimum atomic E-state index is -0.299. The summed E-state index contributed by atoms with van der Waals surface area (Å²) >= 11 is 0. The average molecular weight is 418 g/mol. The number of para-hydroxylation sites is 1. The highest BCUT2D eigenvalue weighted by molar-refractivity contribution is 5.80. The third-order valence-electron chi connectivity index (χ3n) is 6.59. The van der Waals surface area contributed by atoms with Gasteiger partial charge in [0.1, 0.15) is 5.82 Å². The van der Waals surface area contributed by atoms with Crippen molar-refractivity contribution < 1.29 is 4.79 Å². The van der Waals surface area contributed by atoms with E-state index < -0.39 is 0 Å². The molecule has 3 aromatic rings. The van der Waals surface area contributed by atoms with Crippen LogP contribution in [0.25, 0.3) is 16.6 Å². The average Bonchev–Trinajstić information content (AvgIpc) is 2.72. The van der Waals surface area contributed by atoms with Crippen molar-refractivity contribution in [3.05, 3.63) is 69.8 Å². The van der Waals surface area contributed by atoms with Crippen LogP contribution < -0.4 is 5.56 Å². The molecule has 1 saturated carbocycles. The van der Waals surface area contributed by atoms with Gasteiger partial charge in [0.05, 0.1) is 22.6 Å². The molecule has 0 aliphatic heterocycles. The van der Waals surface area contributed by atoms with Crippen molar-refractivity contribution in [2.45, 2.75) is 59.4 Å². The number of fused-ring (bicyclic) bond motifs is 1. The van der Waals surface area contributed by atoms with Crippen LogP contribution in [0.1, 0.15) is 62.5 Å². The van der Waals surface area contributed by atoms with E-state index >= 15 is 0 Å². The number of aromatic nitrogens is 2. The van der Waals surface area contributed by atoms with Crippen molar-refractivity contribution in [3.63, 3.8) is 0 Å². The Kier molecular flexibility index (Phi) is 5.94. The van der Waals surface area contributed by atoms with Crippen LogP contribution in [-0.2, 0) is 4.79 Å². The van der Waals surface area contributed by atoms with Crippen molar-refractivity contribution >= 4 is 16.8 Å². The topological polar surface area (TPSA) is 55.2 Å². The van der Waals surface area contributed by atoms with Gasteiger partial charge in [0.25, 0.3) is 5.56 Å². The molecule has 31 heavy (non-hydrogen) atoms. The maximum atomic E-state index is 13.6. The van der Waals surface area contributed by atoms with Crippen LogP contribution in [0, 0.1) is 19.8 Å². The van der Waals surface area contributed by atoms with Gasteiger partial charge in [0.15, 0.2) is 0 Å². The summed E-state index contributed by atoms with van der Waals surface area (Å²) in [5.74, 6) is 0.916. The largest absolute Gasteiger partial charge is 0.333 e. The van der Waals surface area contributed by atoms with Gasteiger partial charge in [-0.2, -0.15) is 0 Å². The lowest BCUT2D eigenvalue weighted by atomic mass is 9.84. The van der Waals surface area contributed by atoms with Crippen molar-refractivity contribution in [2.24, 2.45) is 5.92 Å². The number of nitrogens with zero attached hydrogens (tertiary/aromatic N) is 3. The Morgan fingerprint density at radius 1 is 1.16 bits per heavy atom. The minimum absolute atomic E-state index is 0.0942. The predicted molar refractivity (Wildman–Crippen MR) is 125 cm³/mol. The first-order chi connectivity index (χ1) is 14.9. The summed E-state index contributed by atoms with van der Waals surface area (Å²) in [5, 5.41) is 0.587. The number of hydrogen-bond acceptors (Lipinski definition) is 3. The van der Waals surface area contributed by atoms with Crippen molar-refractivity contribution in [2.75, 3.05) is 6.54 Å². The van der Waals surface area contributed by atoms with Gasteiger partial charge < -0.3 is 4.90 Å². The monoisotopic (exact) mass is 417 g/mol. The fraction of sp³-hybridized carbons (Fsp3) is 0.423. The lowest BCUT2D eigenvalue weighted by molar-refractivity contribution is -0.140. The summed E-state index contributed by atoms with van der Waals surface area (Å²) in [7, 11) is 0. The van der Waals surface area contributed by atoms with Crippen molar-refractivity contribution in [1.82, 2.24) is 14.5 Å². The van der Waals surface area contributed by atoms with Gasteiger partial charge in [-0.15, -0.1) is 0 Å². The Morgan fingerprint density at radius 2 is 1.90 bits per heavy atom. The molecule has 0 bridgehead atoms. The van der Waals surface area contributed by atoms with Crippen LogP contribution in [0.15, 0.2) is 47.3 Å². The number of carbonyl (C=O) groups excluding carboxylic acids is 1. The Morgan fingerprint density at radius 3 is 2.55 bits per heavy atom. The van der Waals surface area contributed by atoms with E-state index in [1.165, 1.54) is 5.56 Å². The molecule has 0 saturated heterocycles. The third-order valence-corrected chi connectivity index (χ3v) is 6.59. The van der Waals surface area contributed by atoms with Gasteiger partial charge in [-0.05, 0) is 75.4 Å². The number of hydrogen-bond donors (Lipinski definition) is 0. The Bertz CT molecular complexity index is 1180. The highest BCUT2D eigenvalue weighted by atomic mass is 16.2. The van der Waals surface area contributed by atoms with Crippen LogP contribution in [0.3, 0.4) is 0 Å². The maximum absolute atomic E-state index is 13.6. The van der Waals surface area contributed by atoms with E-state index in [1.807, 2.05) is 61.2 Å². The molecular weight excluding hydrogens is 386 g/mol. The molecule has 162 valence electrons. The molecule has 0 radical (unpaired) electrons. The minimum Gasteiger partial charge on any atom is -0.333 e. The van der Waals surface area contributed by atoms with Gasteiger partial charge in [-0.1, -0.05) is 31.5 Å². The molecule has 0 spiro atoms. The predicted octanol–water partition coefficient (Wildman–Crippen LogP) is 5.10. The van der Waals surface area contributed by atoms with E-state index in [1.54, 1.807) is 4.57 Å². The number of amides is 1. The molecule has 5 nitrogen and oxygen atoms in total. The number of carbonyl (C=O) groups is 1. The van der Waals surface area contributed by atoms with Crippen LogP contribution >= 0.6 is 0 Å². The first-order valence-corrected chi connectivity index (χ1v) is 11.3. The van der Waals surface area contributed by atoms with Crippen LogP contribution in [-0.4, -0.2) is 26.9 Å². The Hall–Kier alpha value is -2.95. The first-order valence-electron chi connectivity index (χ1n) is 11.3. The van der Waals surface area contributed by atoms with E-state index in [-0.39, 0.29) is 23.4 Å². The van der Waals surface area contributed by atoms with Crippen LogP contribution in [0.4, 0.5) is 0 Å². The fourth-order valence-electron chi connectivity index (χ4n) is 4.31. The second kappa shape index (κ2) is 8.66. The zero-order valence-corrected chi connectivity index (χ0v) is 18.9. The quantitative estimate of drug-likeness (QED) is 0.560. The highest BCUT2D eigenvalue weighted by Crippen LogP contribution is 2.32. The summed E-state index contributed by atoms with van der Waals surface area (Å²) in [6.07, 6.45) is 3.90. The summed E-state index contributed by atoms with van der Waals surface area (Å²) in [6, 6.07) is 13.2. The van der Waals surface area contributed by atoms with Crippen LogP contribution in [0.5, 0.6) is 0 Å². The van der Waals surface area contributed by atoms with Gasteiger partial charge in [0.2, 0.25) is 5.91 Å². The molecule has 2 aromatic carbocycles. The molecular formula is C26H31N3O2. The molecule has 1 aliphatic rings. The van der Waals surface area contributed by atoms with E-state index in [9.17, 15) is 9.59 Å². The van der Waals surface area contributed by atoms with Crippen molar-refractivity contribution in [3.8, 4) is 5.69 Å². The summed E-state index contributed by atoms with van der Waals surface area (Å²) in [4.78, 5) is 33.7. The van der Waals surface area contributed by atoms with E-state index in [0.29, 0.717) is 23.3 Å². The lowest BCUT2D eigenvalue weighted by Gasteiger charge is -2.36. The van der Waals surface area contributed by atoms with Gasteiger partial charge >= 0.3 is 0 Å². The van der Waals surface area contributed by atoms with Crippen molar-refractivity contribution in [1.29, 1.82) is 0 Å². The Labute approximate surface area is 183 Å². The zero-order chi connectivity index (χ0) is 22.1. The number of aryl methyl sites for hydroxylation is 2. The summed E-state index contributed by atoms with van der Waals surface area (Å²) < 4.78 is 1.70. The molecule has 1 heterocycles. The molecule has 1 atom stereocenters. The standard InChI is InChI=1S/C26H31N3O2/c1-5-15-28(25(30)20-9-8-10-20)19(4)24-27-23-12-7-6-11-22(23)26(31)29(24)21-14-13-17(2)18(3)16-21/h6-7,11-14,16,19-20H,5,8-10,15H2,1-4H3. The molecule has 1 amide bonds. The SMILES string of the molecule is CCCN(C(=O)C1CCC1)C(C)c1nc2ccccc2c(=O)n1-c1ccc(C)c(C)c1. The maximum Gasteiger partial charge on any atom is 0.266 e. The second-order valence-electron chi connectivity index (χ2n) is 8.73. The van der Waals surface area contributed by atoms with Gasteiger partial charge in [-0.25, -0.2) is 4.98 Å². The molecule has 0 N–H and O–H groups in total. The number of rotatable bonds is 6. The number of benzene rings is 2. The molecule has 1 fully saturated rings. The summed E-state index contributed by atoms with van der Waals surface area (Å²) in [5.41, 5.74) is 3.66. The molecule has 1 aromatic heterocycles. The highest BCUT2D eigenvalue weighted by Gasteiger charge is 2.33. The molecule has 5 heteroatoms. The smallest absolute Gasteiger partial charge is 0.266 e. The third kappa shape index (κ3) is 3.89. The van der Waals surface area contributed by atoms with E-state index in [4.69, 9.17) is 4.98 Å². The van der Waals surface area contributed by atoms with Gasteiger partial charge in [-0.3, -0.25) is 14.2 Å². The molecule has 1 aliphatic carbocycles. The van der Waals surface area contributed by atoms with Crippen LogP contribution in [0.2, 0.25) is 0 Å². The van der Waals surface area contributed by atoms with E-state index in [0.717, 1.165) is 36.9 Å². The normalized spacial score (nSPS) is 15.0. The molecule has 4 rings (SSSR count). The molecule has 1 unspecified atom stereocenters. The van der Waals surface area contributed by atoms with Gasteiger partial charge in [0, 0.05) is 12.5 Å². The lowest BCUT2D eigenvalue weighted by Crippen LogP contribution is -2.42. The fourth-order valence-corrected chi connectivity index (χ4v) is 4.31. The first kappa shape index (κ1) is 21.3. The Balaban J connectivity index is 1.91. The van der Waals surface area contributed by atoms with E-state index in [2.05, 4.69) is 13.8 Å². The second-order valence-corrected chi connectivity index (χ2v) is 8.73. The zero-order valence-electron chi connectivity index (χ0n) is 18.9. The summed E-state index contributed by atoms with van der Waals surface area (Å²) in [6.45, 7) is 8.85.